The molecule has 2 aliphatic rings. The van der Waals surface area contributed by atoms with Gasteiger partial charge >= 0.3 is 0 Å². The number of hydrogen-bond donors (Lipinski definition) is 2. The van der Waals surface area contributed by atoms with Crippen LogP contribution in [0, 0.1) is 0 Å². The molecule has 3 aromatic carbocycles. The van der Waals surface area contributed by atoms with Gasteiger partial charge in [0.15, 0.2) is 11.5 Å². The van der Waals surface area contributed by atoms with E-state index in [9.17, 15) is 4.79 Å². The number of halogens is 1. The molecule has 0 saturated heterocycles. The topological polar surface area (TPSA) is 62.8 Å². The highest BCUT2D eigenvalue weighted by Gasteiger charge is 2.29. The first kappa shape index (κ1) is 21.4. The summed E-state index contributed by atoms with van der Waals surface area (Å²) in [5.41, 5.74) is 5.64. The van der Waals surface area contributed by atoms with Gasteiger partial charge < -0.3 is 25.0 Å². The van der Waals surface area contributed by atoms with Gasteiger partial charge in [0.1, 0.15) is 13.2 Å². The third-order valence-electron chi connectivity index (χ3n) is 5.53. The molecule has 2 heterocycles. The van der Waals surface area contributed by atoms with E-state index in [2.05, 4.69) is 27.7 Å². The van der Waals surface area contributed by atoms with Crippen LogP contribution >= 0.6 is 11.6 Å². The fourth-order valence-corrected chi connectivity index (χ4v) is 4.25. The minimum Gasteiger partial charge on any atom is -0.486 e. The number of ether oxygens (including phenoxy) is 2. The van der Waals surface area contributed by atoms with Crippen molar-refractivity contribution in [3.05, 3.63) is 82.4 Å². The maximum Gasteiger partial charge on any atom is 0.258 e. The number of anilines is 2. The second kappa shape index (κ2) is 8.81. The van der Waals surface area contributed by atoms with Crippen LogP contribution in [0.5, 0.6) is 11.5 Å². The number of benzene rings is 3. The summed E-state index contributed by atoms with van der Waals surface area (Å²) in [6.45, 7) is 1.87. The Kier molecular flexibility index (Phi) is 5.70. The van der Waals surface area contributed by atoms with E-state index in [1.165, 1.54) is 5.56 Å². The molecular weight excluding hydrogens is 438 g/mol. The van der Waals surface area contributed by atoms with E-state index in [-0.39, 0.29) is 5.91 Å². The standard InChI is InChI=1S/C26H24ClN3O3/c1-30(2)15-16-3-7-19(8-4-16)28-25(17-5-10-22-23(13-17)33-12-11-32-22)24-20-9-6-18(27)14-21(20)29-26(24)31/h3-10,13-14,28H,11-12,15H2,1-2H3,(H,29,31)/b25-24-. The smallest absolute Gasteiger partial charge is 0.258 e. The minimum absolute atomic E-state index is 0.186. The number of hydrogen-bond acceptors (Lipinski definition) is 5. The maximum atomic E-state index is 13.1. The third kappa shape index (κ3) is 4.40. The van der Waals surface area contributed by atoms with E-state index < -0.39 is 0 Å². The summed E-state index contributed by atoms with van der Waals surface area (Å²) in [6, 6.07) is 19.3. The number of nitrogens with one attached hydrogen (secondary N) is 2. The number of fused-ring (bicyclic) bond motifs is 2. The van der Waals surface area contributed by atoms with Crippen molar-refractivity contribution in [2.45, 2.75) is 6.54 Å². The van der Waals surface area contributed by atoms with Gasteiger partial charge in [0.25, 0.3) is 5.91 Å². The van der Waals surface area contributed by atoms with Crippen LogP contribution in [-0.4, -0.2) is 38.1 Å². The van der Waals surface area contributed by atoms with Crippen molar-refractivity contribution in [3.8, 4) is 11.5 Å². The average molecular weight is 462 g/mol. The third-order valence-corrected chi connectivity index (χ3v) is 5.76. The van der Waals surface area contributed by atoms with Crippen LogP contribution in [0.15, 0.2) is 60.7 Å². The zero-order chi connectivity index (χ0) is 22.9. The van der Waals surface area contributed by atoms with E-state index in [1.807, 2.05) is 50.5 Å². The van der Waals surface area contributed by atoms with Crippen molar-refractivity contribution >= 4 is 40.2 Å². The molecule has 0 bridgehead atoms. The van der Waals surface area contributed by atoms with Crippen molar-refractivity contribution in [1.82, 2.24) is 4.90 Å². The minimum atomic E-state index is -0.186. The molecule has 0 unspecified atom stereocenters. The summed E-state index contributed by atoms with van der Waals surface area (Å²) < 4.78 is 11.5. The molecule has 5 rings (SSSR count). The highest BCUT2D eigenvalue weighted by atomic mass is 35.5. The summed E-state index contributed by atoms with van der Waals surface area (Å²) in [4.78, 5) is 15.2. The zero-order valence-electron chi connectivity index (χ0n) is 18.4. The maximum absolute atomic E-state index is 13.1. The lowest BCUT2D eigenvalue weighted by atomic mass is 9.99. The summed E-state index contributed by atoms with van der Waals surface area (Å²) in [5.74, 6) is 1.18. The largest absolute Gasteiger partial charge is 0.486 e. The van der Waals surface area contributed by atoms with Crippen molar-refractivity contribution in [2.24, 2.45) is 0 Å². The Hall–Kier alpha value is -3.48. The Balaban J connectivity index is 1.61. The second-order valence-corrected chi connectivity index (χ2v) is 8.75. The number of carbonyl (C=O) groups is 1. The highest BCUT2D eigenvalue weighted by molar-refractivity contribution is 6.38. The molecule has 7 heteroatoms. The second-order valence-electron chi connectivity index (χ2n) is 8.31. The molecule has 1 amide bonds. The molecule has 0 fully saturated rings. The number of carbonyl (C=O) groups excluding carboxylic acids is 1. The van der Waals surface area contributed by atoms with Gasteiger partial charge in [-0.1, -0.05) is 29.8 Å². The van der Waals surface area contributed by atoms with Gasteiger partial charge in [-0.05, 0) is 62.1 Å². The molecule has 6 nitrogen and oxygen atoms in total. The van der Waals surface area contributed by atoms with Gasteiger partial charge in [-0.25, -0.2) is 0 Å². The van der Waals surface area contributed by atoms with Crippen LogP contribution < -0.4 is 20.1 Å². The lowest BCUT2D eigenvalue weighted by Gasteiger charge is -2.21. The number of amides is 1. The van der Waals surface area contributed by atoms with Gasteiger partial charge in [-0.15, -0.1) is 0 Å². The fourth-order valence-electron chi connectivity index (χ4n) is 4.07. The van der Waals surface area contributed by atoms with Gasteiger partial charge in [0.05, 0.1) is 17.0 Å². The average Bonchev–Trinajstić information content (AvgIpc) is 3.12. The molecule has 0 aliphatic carbocycles. The molecule has 0 aromatic heterocycles. The van der Waals surface area contributed by atoms with Crippen LogP contribution in [0.3, 0.4) is 0 Å². The summed E-state index contributed by atoms with van der Waals surface area (Å²) in [5, 5.41) is 6.99. The van der Waals surface area contributed by atoms with Crippen LogP contribution in [0.2, 0.25) is 5.02 Å². The van der Waals surface area contributed by atoms with E-state index in [4.69, 9.17) is 21.1 Å². The highest BCUT2D eigenvalue weighted by Crippen LogP contribution is 2.41. The predicted molar refractivity (Wildman–Crippen MR) is 132 cm³/mol. The first-order valence-electron chi connectivity index (χ1n) is 10.7. The lowest BCUT2D eigenvalue weighted by molar-refractivity contribution is -0.110. The first-order valence-corrected chi connectivity index (χ1v) is 11.1. The Bertz CT molecular complexity index is 1250. The molecule has 0 atom stereocenters. The molecule has 3 aromatic rings. The fraction of sp³-hybridized carbons (Fsp3) is 0.192. The summed E-state index contributed by atoms with van der Waals surface area (Å²) >= 11 is 6.16. The molecule has 2 N–H and O–H groups in total. The van der Waals surface area contributed by atoms with Gasteiger partial charge in [0.2, 0.25) is 0 Å². The monoisotopic (exact) mass is 461 g/mol. The predicted octanol–water partition coefficient (Wildman–Crippen LogP) is 5.11. The summed E-state index contributed by atoms with van der Waals surface area (Å²) in [6.07, 6.45) is 0. The van der Waals surface area contributed by atoms with Crippen molar-refractivity contribution in [2.75, 3.05) is 37.9 Å². The van der Waals surface area contributed by atoms with Gasteiger partial charge in [-0.3, -0.25) is 4.79 Å². The van der Waals surface area contributed by atoms with E-state index in [0.717, 1.165) is 23.4 Å². The number of rotatable bonds is 5. The summed E-state index contributed by atoms with van der Waals surface area (Å²) in [7, 11) is 4.08. The molecule has 0 saturated carbocycles. The Morgan fingerprint density at radius 2 is 1.76 bits per heavy atom. The van der Waals surface area contributed by atoms with Crippen molar-refractivity contribution in [3.63, 3.8) is 0 Å². The molecule has 168 valence electrons. The Morgan fingerprint density at radius 3 is 2.52 bits per heavy atom. The van der Waals surface area contributed by atoms with Gasteiger partial charge in [-0.2, -0.15) is 0 Å². The van der Waals surface area contributed by atoms with Gasteiger partial charge in [0, 0.05) is 28.4 Å². The van der Waals surface area contributed by atoms with Crippen LogP contribution in [0.4, 0.5) is 11.4 Å². The quantitative estimate of drug-likeness (QED) is 0.517. The van der Waals surface area contributed by atoms with E-state index >= 15 is 0 Å². The Morgan fingerprint density at radius 1 is 1.00 bits per heavy atom. The molecule has 2 aliphatic heterocycles. The normalized spacial score (nSPS) is 15.8. The van der Waals surface area contributed by atoms with E-state index in [1.54, 1.807) is 12.1 Å². The first-order chi connectivity index (χ1) is 16.0. The zero-order valence-corrected chi connectivity index (χ0v) is 19.2. The van der Waals surface area contributed by atoms with Crippen molar-refractivity contribution in [1.29, 1.82) is 0 Å². The lowest BCUT2D eigenvalue weighted by Crippen LogP contribution is -2.16. The SMILES string of the molecule is CN(C)Cc1ccc(N/C(=C2\C(=O)Nc3cc(Cl)ccc32)c2ccc3c(c2)OCCO3)cc1. The van der Waals surface area contributed by atoms with Crippen LogP contribution in [-0.2, 0) is 11.3 Å². The van der Waals surface area contributed by atoms with Crippen LogP contribution in [0.1, 0.15) is 16.7 Å². The molecule has 0 spiro atoms. The number of nitrogens with zero attached hydrogens (tertiary/aromatic N) is 1. The Labute approximate surface area is 197 Å². The van der Waals surface area contributed by atoms with Crippen LogP contribution in [0.25, 0.3) is 11.3 Å². The molecular formula is C26H24ClN3O3. The van der Waals surface area contributed by atoms with E-state index in [0.29, 0.717) is 46.7 Å². The molecule has 33 heavy (non-hydrogen) atoms. The van der Waals surface area contributed by atoms with Crippen molar-refractivity contribution < 1.29 is 14.3 Å². The molecule has 0 radical (unpaired) electrons.